The highest BCUT2D eigenvalue weighted by Gasteiger charge is 2.18. The zero-order valence-corrected chi connectivity index (χ0v) is 25.0. The lowest BCUT2D eigenvalue weighted by Crippen LogP contribution is -1.96. The lowest BCUT2D eigenvalue weighted by atomic mass is 9.92. The van der Waals surface area contributed by atoms with Crippen molar-refractivity contribution in [1.82, 2.24) is 9.97 Å². The maximum Gasteiger partial charge on any atom is 0.160 e. The number of hydrogen-bond donors (Lipinski definition) is 0. The van der Waals surface area contributed by atoms with Gasteiger partial charge in [0.25, 0.3) is 0 Å². The van der Waals surface area contributed by atoms with E-state index in [1.807, 2.05) is 17.4 Å². The third kappa shape index (κ3) is 3.68. The number of hydrogen-bond acceptors (Lipinski definition) is 3. The highest BCUT2D eigenvalue weighted by atomic mass is 32.1. The van der Waals surface area contributed by atoms with Crippen LogP contribution >= 0.6 is 11.3 Å². The highest BCUT2D eigenvalue weighted by Crippen LogP contribution is 2.46. The van der Waals surface area contributed by atoms with E-state index in [0.29, 0.717) is 0 Å². The molecule has 45 heavy (non-hydrogen) atoms. The molecule has 2 aromatic heterocycles. The molecule has 2 nitrogen and oxygen atoms in total. The molecule has 0 saturated carbocycles. The van der Waals surface area contributed by atoms with E-state index in [4.69, 9.17) is 9.97 Å². The summed E-state index contributed by atoms with van der Waals surface area (Å²) < 4.78 is 2.67. The second kappa shape index (κ2) is 9.43. The average Bonchev–Trinajstić information content (AvgIpc) is 3.50. The molecule has 0 unspecified atom stereocenters. The normalized spacial score (nSPS) is 12.0. The Kier molecular flexibility index (Phi) is 5.19. The zero-order chi connectivity index (χ0) is 29.5. The fourth-order valence-corrected chi connectivity index (χ4v) is 8.35. The third-order valence-corrected chi connectivity index (χ3v) is 10.3. The molecule has 3 heteroatoms. The summed E-state index contributed by atoms with van der Waals surface area (Å²) in [6.45, 7) is 0. The van der Waals surface area contributed by atoms with Crippen molar-refractivity contribution in [3.63, 3.8) is 0 Å². The Morgan fingerprint density at radius 2 is 1.07 bits per heavy atom. The van der Waals surface area contributed by atoms with Crippen molar-refractivity contribution in [2.45, 2.75) is 0 Å². The molecule has 0 saturated heterocycles. The van der Waals surface area contributed by atoms with E-state index in [0.717, 1.165) is 44.5 Å². The minimum absolute atomic E-state index is 0.735. The molecule has 0 N–H and O–H groups in total. The maximum absolute atomic E-state index is 5.24. The van der Waals surface area contributed by atoms with Gasteiger partial charge in [-0.2, -0.15) is 0 Å². The molecule has 8 aromatic carbocycles. The van der Waals surface area contributed by atoms with E-state index < -0.39 is 0 Å². The maximum atomic E-state index is 5.24. The van der Waals surface area contributed by atoms with E-state index in [-0.39, 0.29) is 0 Å². The Hall–Kier alpha value is -5.64. The Bertz CT molecular complexity index is 2760. The SMILES string of the molecule is c1ccc(-c2nc(-c3cccc(-c4cc5sc6cccc7c8ccccc8c(c4)c5c67)c3)nc3c2ccc2ccccc23)cc1. The van der Waals surface area contributed by atoms with Gasteiger partial charge in [-0.3, -0.25) is 0 Å². The monoisotopic (exact) mass is 588 g/mol. The van der Waals surface area contributed by atoms with Crippen LogP contribution in [0.3, 0.4) is 0 Å². The summed E-state index contributed by atoms with van der Waals surface area (Å²) in [6.07, 6.45) is 0. The summed E-state index contributed by atoms with van der Waals surface area (Å²) in [4.78, 5) is 10.5. The van der Waals surface area contributed by atoms with Gasteiger partial charge < -0.3 is 0 Å². The fraction of sp³-hybridized carbons (Fsp3) is 0. The minimum atomic E-state index is 0.735. The Morgan fingerprint density at radius 3 is 1.96 bits per heavy atom. The highest BCUT2D eigenvalue weighted by molar-refractivity contribution is 7.26. The predicted octanol–water partition coefficient (Wildman–Crippen LogP) is 11.9. The molecule has 0 atom stereocenters. The Labute approximate surface area is 263 Å². The second-order valence-electron chi connectivity index (χ2n) is 11.7. The van der Waals surface area contributed by atoms with Crippen LogP contribution in [0, 0.1) is 0 Å². The lowest BCUT2D eigenvalue weighted by molar-refractivity contribution is 1.23. The molecule has 0 amide bonds. The molecular formula is C42H24N2S. The molecular weight excluding hydrogens is 565 g/mol. The number of benzene rings is 8. The number of thiophene rings is 1. The van der Waals surface area contributed by atoms with Gasteiger partial charge in [0.1, 0.15) is 0 Å². The first-order chi connectivity index (χ1) is 22.3. The molecule has 0 bridgehead atoms. The smallest absolute Gasteiger partial charge is 0.160 e. The van der Waals surface area contributed by atoms with Crippen LogP contribution in [0.2, 0.25) is 0 Å². The van der Waals surface area contributed by atoms with Crippen LogP contribution < -0.4 is 0 Å². The van der Waals surface area contributed by atoms with Crippen molar-refractivity contribution in [3.05, 3.63) is 146 Å². The lowest BCUT2D eigenvalue weighted by Gasteiger charge is -2.13. The number of nitrogens with zero attached hydrogens (tertiary/aromatic N) is 2. The first kappa shape index (κ1) is 24.8. The quantitative estimate of drug-likeness (QED) is 0.192. The van der Waals surface area contributed by atoms with Crippen LogP contribution in [0.25, 0.3) is 97.2 Å². The van der Waals surface area contributed by atoms with Crippen LogP contribution in [-0.2, 0) is 0 Å². The Balaban J connectivity index is 1.22. The van der Waals surface area contributed by atoms with Gasteiger partial charge in [0, 0.05) is 42.1 Å². The van der Waals surface area contributed by atoms with Gasteiger partial charge in [0.15, 0.2) is 5.82 Å². The molecule has 0 aliphatic heterocycles. The van der Waals surface area contributed by atoms with E-state index in [1.165, 1.54) is 52.7 Å². The first-order valence-electron chi connectivity index (χ1n) is 15.2. The summed E-state index contributed by atoms with van der Waals surface area (Å²) in [5, 5.41) is 11.4. The molecule has 208 valence electrons. The van der Waals surface area contributed by atoms with Crippen molar-refractivity contribution in [2.24, 2.45) is 0 Å². The summed E-state index contributed by atoms with van der Waals surface area (Å²) in [5.74, 6) is 0.735. The van der Waals surface area contributed by atoms with Crippen LogP contribution in [0.1, 0.15) is 0 Å². The molecule has 0 aliphatic rings. The van der Waals surface area contributed by atoms with E-state index in [1.54, 1.807) is 0 Å². The van der Waals surface area contributed by atoms with E-state index in [9.17, 15) is 0 Å². The van der Waals surface area contributed by atoms with Crippen molar-refractivity contribution in [3.8, 4) is 33.8 Å². The van der Waals surface area contributed by atoms with Gasteiger partial charge in [-0.15, -0.1) is 11.3 Å². The average molecular weight is 589 g/mol. The predicted molar refractivity (Wildman–Crippen MR) is 192 cm³/mol. The van der Waals surface area contributed by atoms with Gasteiger partial charge in [-0.05, 0) is 68.4 Å². The molecule has 0 fully saturated rings. The summed E-state index contributed by atoms with van der Waals surface area (Å²) in [5.41, 5.74) is 6.39. The van der Waals surface area contributed by atoms with Gasteiger partial charge in [-0.1, -0.05) is 115 Å². The number of fused-ring (bicyclic) bond motifs is 6. The number of rotatable bonds is 3. The third-order valence-electron chi connectivity index (χ3n) is 9.20. The van der Waals surface area contributed by atoms with Crippen LogP contribution in [-0.4, -0.2) is 9.97 Å². The Morgan fingerprint density at radius 1 is 0.378 bits per heavy atom. The van der Waals surface area contributed by atoms with Crippen molar-refractivity contribution < 1.29 is 0 Å². The van der Waals surface area contributed by atoms with E-state index >= 15 is 0 Å². The largest absolute Gasteiger partial charge is 0.227 e. The summed E-state index contributed by atoms with van der Waals surface area (Å²) in [6, 6.07) is 52.3. The van der Waals surface area contributed by atoms with Crippen molar-refractivity contribution in [1.29, 1.82) is 0 Å². The minimum Gasteiger partial charge on any atom is -0.227 e. The summed E-state index contributed by atoms with van der Waals surface area (Å²) in [7, 11) is 0. The second-order valence-corrected chi connectivity index (χ2v) is 12.8. The van der Waals surface area contributed by atoms with Crippen LogP contribution in [0.15, 0.2) is 146 Å². The van der Waals surface area contributed by atoms with Gasteiger partial charge >= 0.3 is 0 Å². The van der Waals surface area contributed by atoms with Crippen LogP contribution in [0.4, 0.5) is 0 Å². The van der Waals surface area contributed by atoms with E-state index in [2.05, 4.69) is 140 Å². The van der Waals surface area contributed by atoms with Gasteiger partial charge in [0.2, 0.25) is 0 Å². The van der Waals surface area contributed by atoms with Gasteiger partial charge in [-0.25, -0.2) is 9.97 Å². The number of aromatic nitrogens is 2. The molecule has 0 spiro atoms. The molecule has 10 rings (SSSR count). The van der Waals surface area contributed by atoms with Crippen molar-refractivity contribution >= 4 is 74.7 Å². The van der Waals surface area contributed by atoms with Crippen molar-refractivity contribution in [2.75, 3.05) is 0 Å². The fourth-order valence-electron chi connectivity index (χ4n) is 7.15. The first-order valence-corrected chi connectivity index (χ1v) is 16.1. The molecule has 10 aromatic rings. The standard InChI is InChI=1S/C42H24N2S/c1-2-11-26(12-3-1)40-34-21-20-25-10-4-5-15-30(25)41(34)44-42(43-40)28-14-8-13-27(22-28)29-23-35-32-17-7-6-16-31(32)33-18-9-19-36-38(33)39(35)37(24-29)45-36/h1-24H. The molecule has 0 radical (unpaired) electrons. The topological polar surface area (TPSA) is 25.8 Å². The summed E-state index contributed by atoms with van der Waals surface area (Å²) >= 11 is 1.89. The molecule has 2 heterocycles. The molecule has 0 aliphatic carbocycles. The van der Waals surface area contributed by atoms with Gasteiger partial charge in [0.05, 0.1) is 11.2 Å². The van der Waals surface area contributed by atoms with Crippen LogP contribution in [0.5, 0.6) is 0 Å². The zero-order valence-electron chi connectivity index (χ0n) is 24.2.